The van der Waals surface area contributed by atoms with Crippen LogP contribution in [0.3, 0.4) is 0 Å². The maximum atomic E-state index is 12.9. The Kier molecular flexibility index (Phi) is 3.87. The van der Waals surface area contributed by atoms with Gasteiger partial charge in [-0.1, -0.05) is 42.8 Å². The number of hydrogen-bond acceptors (Lipinski definition) is 2. The number of nitrogens with two attached hydrogens (primary N) is 1. The Labute approximate surface area is 98.1 Å². The van der Waals surface area contributed by atoms with Crippen molar-refractivity contribution in [3.05, 3.63) is 34.1 Å². The van der Waals surface area contributed by atoms with E-state index in [0.717, 1.165) is 10.0 Å². The summed E-state index contributed by atoms with van der Waals surface area (Å²) in [6.45, 7) is 6.23. The molecule has 0 heterocycles. The van der Waals surface area contributed by atoms with E-state index >= 15 is 0 Å². The van der Waals surface area contributed by atoms with E-state index in [4.69, 9.17) is 5.84 Å². The highest BCUT2D eigenvalue weighted by atomic mass is 79.9. The summed E-state index contributed by atoms with van der Waals surface area (Å²) >= 11 is 3.35. The van der Waals surface area contributed by atoms with E-state index in [1.807, 2.05) is 0 Å². The van der Waals surface area contributed by atoms with Crippen LogP contribution in [-0.4, -0.2) is 0 Å². The summed E-state index contributed by atoms with van der Waals surface area (Å²) in [6, 6.07) is 4.61. The standard InChI is InChI=1S/C11H16BrFN2/c1-11(2,3)10(15-14)8-5-4-7(13)6-9(8)12/h4-6,10,15H,14H2,1-3H3. The zero-order valence-corrected chi connectivity index (χ0v) is 10.7. The van der Waals surface area contributed by atoms with Gasteiger partial charge >= 0.3 is 0 Å². The van der Waals surface area contributed by atoms with Gasteiger partial charge in [-0.3, -0.25) is 11.3 Å². The number of halogens is 2. The maximum absolute atomic E-state index is 12.9. The number of rotatable bonds is 2. The van der Waals surface area contributed by atoms with Gasteiger partial charge in [0.15, 0.2) is 0 Å². The van der Waals surface area contributed by atoms with Crippen LogP contribution in [-0.2, 0) is 0 Å². The van der Waals surface area contributed by atoms with E-state index in [0.29, 0.717) is 0 Å². The van der Waals surface area contributed by atoms with E-state index in [-0.39, 0.29) is 17.3 Å². The van der Waals surface area contributed by atoms with Gasteiger partial charge in [0.25, 0.3) is 0 Å². The lowest BCUT2D eigenvalue weighted by molar-refractivity contribution is 0.274. The number of hydrazine groups is 1. The van der Waals surface area contributed by atoms with Gasteiger partial charge in [0.2, 0.25) is 0 Å². The quantitative estimate of drug-likeness (QED) is 0.642. The lowest BCUT2D eigenvalue weighted by Gasteiger charge is -2.31. The van der Waals surface area contributed by atoms with Crippen LogP contribution >= 0.6 is 15.9 Å². The van der Waals surface area contributed by atoms with E-state index in [9.17, 15) is 4.39 Å². The maximum Gasteiger partial charge on any atom is 0.124 e. The van der Waals surface area contributed by atoms with Gasteiger partial charge in [-0.15, -0.1) is 0 Å². The summed E-state index contributed by atoms with van der Waals surface area (Å²) < 4.78 is 13.7. The largest absolute Gasteiger partial charge is 0.271 e. The summed E-state index contributed by atoms with van der Waals surface area (Å²) in [5, 5.41) is 0. The number of nitrogens with one attached hydrogen (secondary N) is 1. The molecule has 4 heteroatoms. The Morgan fingerprint density at radius 1 is 1.40 bits per heavy atom. The van der Waals surface area contributed by atoms with Gasteiger partial charge in [0, 0.05) is 4.47 Å². The predicted molar refractivity (Wildman–Crippen MR) is 63.6 cm³/mol. The molecule has 0 spiro atoms. The molecule has 0 aliphatic heterocycles. The second kappa shape index (κ2) is 4.60. The summed E-state index contributed by atoms with van der Waals surface area (Å²) in [4.78, 5) is 0. The third-order valence-electron chi connectivity index (χ3n) is 2.31. The van der Waals surface area contributed by atoms with Gasteiger partial charge in [-0.05, 0) is 23.1 Å². The first kappa shape index (κ1) is 12.6. The van der Waals surface area contributed by atoms with E-state index in [1.54, 1.807) is 6.07 Å². The monoisotopic (exact) mass is 274 g/mol. The van der Waals surface area contributed by atoms with Gasteiger partial charge < -0.3 is 0 Å². The molecular weight excluding hydrogens is 259 g/mol. The first-order valence-corrected chi connectivity index (χ1v) is 5.56. The van der Waals surface area contributed by atoms with Crippen molar-refractivity contribution in [1.82, 2.24) is 5.43 Å². The van der Waals surface area contributed by atoms with Crippen LogP contribution < -0.4 is 11.3 Å². The minimum atomic E-state index is -0.254. The lowest BCUT2D eigenvalue weighted by atomic mass is 9.83. The van der Waals surface area contributed by atoms with Gasteiger partial charge in [0.1, 0.15) is 5.82 Å². The van der Waals surface area contributed by atoms with E-state index < -0.39 is 0 Å². The van der Waals surface area contributed by atoms with Crippen molar-refractivity contribution in [2.24, 2.45) is 11.3 Å². The SMILES string of the molecule is CC(C)(C)C(NN)c1ccc(F)cc1Br. The average Bonchev–Trinajstić information content (AvgIpc) is 2.07. The molecule has 84 valence electrons. The molecule has 0 saturated carbocycles. The molecular formula is C11H16BrFN2. The van der Waals surface area contributed by atoms with Gasteiger partial charge in [-0.25, -0.2) is 4.39 Å². The van der Waals surface area contributed by atoms with Crippen molar-refractivity contribution in [3.63, 3.8) is 0 Å². The molecule has 0 aromatic heterocycles. The first-order valence-electron chi connectivity index (χ1n) is 4.77. The second-order valence-corrected chi connectivity index (χ2v) is 5.49. The molecule has 0 saturated heterocycles. The molecule has 1 atom stereocenters. The number of benzene rings is 1. The molecule has 1 aromatic carbocycles. The molecule has 0 aliphatic carbocycles. The molecule has 0 radical (unpaired) electrons. The molecule has 0 amide bonds. The van der Waals surface area contributed by atoms with Crippen LogP contribution in [0.15, 0.2) is 22.7 Å². The van der Waals surface area contributed by atoms with Crippen LogP contribution in [0.4, 0.5) is 4.39 Å². The second-order valence-electron chi connectivity index (χ2n) is 4.63. The normalized spacial score (nSPS) is 14.0. The Bertz CT molecular complexity index is 347. The molecule has 0 fully saturated rings. The van der Waals surface area contributed by atoms with E-state index in [2.05, 4.69) is 42.1 Å². The Hall–Kier alpha value is -0.450. The molecule has 1 unspecified atom stereocenters. The fourth-order valence-electron chi connectivity index (χ4n) is 1.54. The lowest BCUT2D eigenvalue weighted by Crippen LogP contribution is -2.37. The molecule has 2 nitrogen and oxygen atoms in total. The van der Waals surface area contributed by atoms with Crippen LogP contribution in [0.5, 0.6) is 0 Å². The van der Waals surface area contributed by atoms with Crippen LogP contribution in [0.25, 0.3) is 0 Å². The molecule has 1 rings (SSSR count). The zero-order valence-electron chi connectivity index (χ0n) is 9.14. The minimum absolute atomic E-state index is 0.0209. The van der Waals surface area contributed by atoms with Crippen molar-refractivity contribution in [2.45, 2.75) is 26.8 Å². The molecule has 0 aliphatic rings. The Balaban J connectivity index is 3.13. The van der Waals surface area contributed by atoms with Crippen molar-refractivity contribution in [1.29, 1.82) is 0 Å². The number of hydrogen-bond donors (Lipinski definition) is 2. The smallest absolute Gasteiger partial charge is 0.124 e. The van der Waals surface area contributed by atoms with Crippen LogP contribution in [0.1, 0.15) is 32.4 Å². The van der Waals surface area contributed by atoms with Gasteiger partial charge in [0.05, 0.1) is 6.04 Å². The molecule has 15 heavy (non-hydrogen) atoms. The van der Waals surface area contributed by atoms with Crippen molar-refractivity contribution in [3.8, 4) is 0 Å². The summed E-state index contributed by atoms with van der Waals surface area (Å²) in [6.07, 6.45) is 0. The molecule has 1 aromatic rings. The highest BCUT2D eigenvalue weighted by Crippen LogP contribution is 2.35. The fourth-order valence-corrected chi connectivity index (χ4v) is 2.12. The summed E-state index contributed by atoms with van der Waals surface area (Å²) in [7, 11) is 0. The van der Waals surface area contributed by atoms with Crippen molar-refractivity contribution in [2.75, 3.05) is 0 Å². The van der Waals surface area contributed by atoms with E-state index in [1.165, 1.54) is 12.1 Å². The van der Waals surface area contributed by atoms with Crippen molar-refractivity contribution >= 4 is 15.9 Å². The van der Waals surface area contributed by atoms with Gasteiger partial charge in [-0.2, -0.15) is 0 Å². The third kappa shape index (κ3) is 3.00. The molecule has 0 bridgehead atoms. The zero-order chi connectivity index (χ0) is 11.6. The summed E-state index contributed by atoms with van der Waals surface area (Å²) in [5.74, 6) is 5.28. The predicted octanol–water partition coefficient (Wildman–Crippen LogP) is 3.14. The Morgan fingerprint density at radius 2 is 2.00 bits per heavy atom. The highest BCUT2D eigenvalue weighted by Gasteiger charge is 2.26. The molecule has 3 N–H and O–H groups in total. The van der Waals surface area contributed by atoms with Crippen LogP contribution in [0, 0.1) is 11.2 Å². The minimum Gasteiger partial charge on any atom is -0.271 e. The van der Waals surface area contributed by atoms with Crippen LogP contribution in [0.2, 0.25) is 0 Å². The first-order chi connectivity index (χ1) is 6.86. The highest BCUT2D eigenvalue weighted by molar-refractivity contribution is 9.10. The van der Waals surface area contributed by atoms with Crippen molar-refractivity contribution < 1.29 is 4.39 Å². The Morgan fingerprint density at radius 3 is 2.40 bits per heavy atom. The fraction of sp³-hybridized carbons (Fsp3) is 0.455. The summed E-state index contributed by atoms with van der Waals surface area (Å²) in [5.41, 5.74) is 3.70. The average molecular weight is 275 g/mol. The topological polar surface area (TPSA) is 38.0 Å². The third-order valence-corrected chi connectivity index (χ3v) is 2.99.